The average Bonchev–Trinajstić information content (AvgIpc) is 2.80. The molecule has 0 saturated carbocycles. The van der Waals surface area contributed by atoms with Crippen molar-refractivity contribution in [3.05, 3.63) is 39.6 Å². The topological polar surface area (TPSA) is 68.4 Å². The third-order valence-corrected chi connectivity index (χ3v) is 4.40. The highest BCUT2D eigenvalue weighted by Crippen LogP contribution is 2.32. The maximum Gasteiger partial charge on any atom is 0.270 e. The number of unbranched alkanes of at least 4 members (excludes halogenated alkanes) is 1. The number of aryl methyl sites for hydroxylation is 1. The molecule has 2 heterocycles. The van der Waals surface area contributed by atoms with Gasteiger partial charge in [-0.3, -0.25) is 14.9 Å². The number of non-ortho nitro benzene ring substituents is 1. The molecule has 0 spiro atoms. The molecule has 1 aliphatic rings. The Morgan fingerprint density at radius 1 is 1.36 bits per heavy atom. The molecule has 0 atom stereocenters. The van der Waals surface area contributed by atoms with Crippen molar-refractivity contribution in [1.82, 2.24) is 9.47 Å². The molecule has 0 aliphatic carbocycles. The summed E-state index contributed by atoms with van der Waals surface area (Å²) in [6.45, 7) is 3.57. The van der Waals surface area contributed by atoms with Crippen molar-refractivity contribution in [2.75, 3.05) is 13.1 Å². The van der Waals surface area contributed by atoms with Gasteiger partial charge in [0.05, 0.1) is 4.92 Å². The smallest absolute Gasteiger partial charge is 0.270 e. The highest BCUT2D eigenvalue weighted by atomic mass is 16.6. The lowest BCUT2D eigenvalue weighted by molar-refractivity contribution is -0.384. The van der Waals surface area contributed by atoms with Gasteiger partial charge < -0.3 is 9.47 Å². The molecule has 0 unspecified atom stereocenters. The molecule has 6 nitrogen and oxygen atoms in total. The zero-order valence-electron chi connectivity index (χ0n) is 12.8. The van der Waals surface area contributed by atoms with Crippen LogP contribution in [-0.2, 0) is 13.5 Å². The van der Waals surface area contributed by atoms with Gasteiger partial charge in [0.15, 0.2) is 0 Å². The SMILES string of the molecule is CCCCN1CCc2c(n(C)c3ccc([N+](=O)[O-])cc23)C1=O. The summed E-state index contributed by atoms with van der Waals surface area (Å²) in [5.41, 5.74) is 2.57. The maximum atomic E-state index is 12.7. The number of hydrogen-bond acceptors (Lipinski definition) is 3. The Hall–Kier alpha value is -2.37. The first kappa shape index (κ1) is 14.6. The van der Waals surface area contributed by atoms with Gasteiger partial charge in [-0.1, -0.05) is 13.3 Å². The molecule has 6 heteroatoms. The number of fused-ring (bicyclic) bond motifs is 3. The first-order valence-corrected chi connectivity index (χ1v) is 7.59. The summed E-state index contributed by atoms with van der Waals surface area (Å²) in [7, 11) is 1.86. The molecule has 3 rings (SSSR count). The van der Waals surface area contributed by atoms with E-state index in [1.54, 1.807) is 12.1 Å². The fourth-order valence-electron chi connectivity index (χ4n) is 3.21. The summed E-state index contributed by atoms with van der Waals surface area (Å²) in [4.78, 5) is 25.2. The monoisotopic (exact) mass is 301 g/mol. The van der Waals surface area contributed by atoms with Crippen LogP contribution < -0.4 is 0 Å². The molecule has 22 heavy (non-hydrogen) atoms. The lowest BCUT2D eigenvalue weighted by Crippen LogP contribution is -2.39. The zero-order chi connectivity index (χ0) is 15.9. The van der Waals surface area contributed by atoms with Gasteiger partial charge in [0.1, 0.15) is 5.69 Å². The number of nitro groups is 1. The first-order valence-electron chi connectivity index (χ1n) is 7.59. The molecule has 1 amide bonds. The molecule has 1 aromatic heterocycles. The molecule has 2 aromatic rings. The van der Waals surface area contributed by atoms with Crippen LogP contribution in [0.3, 0.4) is 0 Å². The number of amides is 1. The Kier molecular flexibility index (Phi) is 3.60. The second kappa shape index (κ2) is 5.44. The summed E-state index contributed by atoms with van der Waals surface area (Å²) in [5.74, 6) is 0.0380. The van der Waals surface area contributed by atoms with E-state index in [1.165, 1.54) is 6.07 Å². The number of aromatic nitrogens is 1. The van der Waals surface area contributed by atoms with Crippen LogP contribution in [0.4, 0.5) is 5.69 Å². The van der Waals surface area contributed by atoms with Crippen molar-refractivity contribution < 1.29 is 9.72 Å². The van der Waals surface area contributed by atoms with E-state index < -0.39 is 4.92 Å². The number of hydrogen-bond donors (Lipinski definition) is 0. The predicted octanol–water partition coefficient (Wildman–Crippen LogP) is 2.88. The molecular formula is C16H19N3O3. The molecule has 0 saturated heterocycles. The fraction of sp³-hybridized carbons (Fsp3) is 0.438. The van der Waals surface area contributed by atoms with Crippen LogP contribution in [0, 0.1) is 10.1 Å². The van der Waals surface area contributed by atoms with Gasteiger partial charge >= 0.3 is 0 Å². The van der Waals surface area contributed by atoms with Crippen molar-refractivity contribution in [1.29, 1.82) is 0 Å². The number of nitro benzene ring substituents is 1. The molecule has 0 radical (unpaired) electrons. The first-order chi connectivity index (χ1) is 10.5. The van der Waals surface area contributed by atoms with Crippen LogP contribution in [0.5, 0.6) is 0 Å². The minimum absolute atomic E-state index is 0.0380. The second-order valence-corrected chi connectivity index (χ2v) is 5.74. The molecule has 1 aliphatic heterocycles. The van der Waals surface area contributed by atoms with Gasteiger partial charge in [0.2, 0.25) is 0 Å². The Morgan fingerprint density at radius 3 is 2.82 bits per heavy atom. The minimum atomic E-state index is -0.392. The molecule has 0 bridgehead atoms. The lowest BCUT2D eigenvalue weighted by Gasteiger charge is -2.27. The van der Waals surface area contributed by atoms with Crippen molar-refractivity contribution in [3.63, 3.8) is 0 Å². The molecule has 0 N–H and O–H groups in total. The summed E-state index contributed by atoms with van der Waals surface area (Å²) in [6.07, 6.45) is 2.80. The van der Waals surface area contributed by atoms with Gasteiger partial charge in [-0.05, 0) is 24.5 Å². The number of rotatable bonds is 4. The van der Waals surface area contributed by atoms with Crippen molar-refractivity contribution in [2.45, 2.75) is 26.2 Å². The van der Waals surface area contributed by atoms with Crippen LogP contribution in [0.25, 0.3) is 10.9 Å². The number of nitrogens with zero attached hydrogens (tertiary/aromatic N) is 3. The predicted molar refractivity (Wildman–Crippen MR) is 84.1 cm³/mol. The largest absolute Gasteiger partial charge is 0.339 e. The van der Waals surface area contributed by atoms with Gasteiger partial charge in [-0.25, -0.2) is 0 Å². The van der Waals surface area contributed by atoms with Crippen LogP contribution in [0.2, 0.25) is 0 Å². The van der Waals surface area contributed by atoms with E-state index in [0.29, 0.717) is 12.2 Å². The summed E-state index contributed by atoms with van der Waals surface area (Å²) in [6, 6.07) is 4.81. The van der Waals surface area contributed by atoms with E-state index in [2.05, 4.69) is 6.92 Å². The zero-order valence-corrected chi connectivity index (χ0v) is 12.8. The van der Waals surface area contributed by atoms with Crippen molar-refractivity contribution in [3.8, 4) is 0 Å². The molecule has 1 aromatic carbocycles. The standard InChI is InChI=1S/C16H19N3O3/c1-3-4-8-18-9-7-12-13-10-11(19(21)22)5-6-14(13)17(2)15(12)16(18)20/h5-6,10H,3-4,7-9H2,1-2H3. The van der Waals surface area contributed by atoms with E-state index in [-0.39, 0.29) is 11.6 Å². The quantitative estimate of drug-likeness (QED) is 0.644. The van der Waals surface area contributed by atoms with Crippen LogP contribution >= 0.6 is 0 Å². The van der Waals surface area contributed by atoms with Crippen LogP contribution in [0.1, 0.15) is 35.8 Å². The van der Waals surface area contributed by atoms with Gasteiger partial charge in [-0.15, -0.1) is 0 Å². The minimum Gasteiger partial charge on any atom is -0.339 e. The fourth-order valence-corrected chi connectivity index (χ4v) is 3.21. The summed E-state index contributed by atoms with van der Waals surface area (Å²) < 4.78 is 1.87. The molecular weight excluding hydrogens is 282 g/mol. The average molecular weight is 301 g/mol. The van der Waals surface area contributed by atoms with Gasteiger partial charge in [-0.2, -0.15) is 0 Å². The Bertz CT molecular complexity index is 764. The Balaban J connectivity index is 2.10. The van der Waals surface area contributed by atoms with Gasteiger partial charge in [0.25, 0.3) is 11.6 Å². The van der Waals surface area contributed by atoms with E-state index in [9.17, 15) is 14.9 Å². The molecule has 0 fully saturated rings. The van der Waals surface area contributed by atoms with E-state index in [4.69, 9.17) is 0 Å². The second-order valence-electron chi connectivity index (χ2n) is 5.74. The van der Waals surface area contributed by atoms with Gasteiger partial charge in [0, 0.05) is 43.2 Å². The maximum absolute atomic E-state index is 12.7. The normalized spacial score (nSPS) is 14.5. The number of carbonyl (C=O) groups is 1. The lowest BCUT2D eigenvalue weighted by atomic mass is 10.0. The van der Waals surface area contributed by atoms with E-state index >= 15 is 0 Å². The number of carbonyl (C=O) groups excluding carboxylic acids is 1. The Labute approximate surface area is 128 Å². The highest BCUT2D eigenvalue weighted by Gasteiger charge is 2.30. The van der Waals surface area contributed by atoms with Crippen LogP contribution in [0.15, 0.2) is 18.2 Å². The number of benzene rings is 1. The third kappa shape index (κ3) is 2.15. The third-order valence-electron chi connectivity index (χ3n) is 4.40. The Morgan fingerprint density at radius 2 is 2.14 bits per heavy atom. The van der Waals surface area contributed by atoms with E-state index in [0.717, 1.165) is 42.3 Å². The van der Waals surface area contributed by atoms with Crippen molar-refractivity contribution in [2.24, 2.45) is 7.05 Å². The summed E-state index contributed by atoms with van der Waals surface area (Å²) in [5, 5.41) is 11.8. The summed E-state index contributed by atoms with van der Waals surface area (Å²) >= 11 is 0. The van der Waals surface area contributed by atoms with Crippen molar-refractivity contribution >= 4 is 22.5 Å². The highest BCUT2D eigenvalue weighted by molar-refractivity contribution is 6.03. The molecule has 116 valence electrons. The van der Waals surface area contributed by atoms with Crippen LogP contribution in [-0.4, -0.2) is 33.4 Å². The van der Waals surface area contributed by atoms with E-state index in [1.807, 2.05) is 16.5 Å².